The van der Waals surface area contributed by atoms with Gasteiger partial charge in [-0.25, -0.2) is 0 Å². The molecule has 74 valence electrons. The van der Waals surface area contributed by atoms with Crippen LogP contribution in [0, 0.1) is 0 Å². The Balaban J connectivity index is 2.02. The lowest BCUT2D eigenvalue weighted by Gasteiger charge is -2.24. The van der Waals surface area contributed by atoms with Gasteiger partial charge in [-0.3, -0.25) is 4.79 Å². The zero-order valence-electron chi connectivity index (χ0n) is 8.04. The Bertz CT molecular complexity index is 203. The normalized spacial score (nSPS) is 39.6. The summed E-state index contributed by atoms with van der Waals surface area (Å²) in [7, 11) is 0. The minimum absolute atomic E-state index is 0.225. The van der Waals surface area contributed by atoms with Crippen molar-refractivity contribution in [2.45, 2.75) is 43.5 Å². The predicted molar refractivity (Wildman–Crippen MR) is 54.1 cm³/mol. The van der Waals surface area contributed by atoms with Crippen LogP contribution >= 0.6 is 11.8 Å². The molecule has 2 unspecified atom stereocenters. The summed E-state index contributed by atoms with van der Waals surface area (Å²) in [6.07, 6.45) is 4.21. The summed E-state index contributed by atoms with van der Waals surface area (Å²) in [5, 5.41) is 0.225. The van der Waals surface area contributed by atoms with Crippen LogP contribution in [0.3, 0.4) is 0 Å². The number of carbonyl (C=O) groups is 1. The van der Waals surface area contributed by atoms with E-state index in [0.717, 1.165) is 31.6 Å². The number of thioether (sulfide) groups is 1. The first-order valence-electron chi connectivity index (χ1n) is 5.02. The van der Waals surface area contributed by atoms with Gasteiger partial charge in [-0.1, -0.05) is 0 Å². The van der Waals surface area contributed by atoms with E-state index in [4.69, 9.17) is 4.74 Å². The van der Waals surface area contributed by atoms with Gasteiger partial charge >= 0.3 is 0 Å². The third-order valence-corrected chi connectivity index (χ3v) is 4.34. The molecule has 0 aromatic heterocycles. The van der Waals surface area contributed by atoms with E-state index < -0.39 is 5.60 Å². The number of hydrogen-bond donors (Lipinski definition) is 0. The summed E-state index contributed by atoms with van der Waals surface area (Å²) >= 11 is 1.81. The molecule has 0 aliphatic carbocycles. The van der Waals surface area contributed by atoms with Crippen molar-refractivity contribution in [1.82, 2.24) is 0 Å². The van der Waals surface area contributed by atoms with Crippen molar-refractivity contribution < 1.29 is 9.53 Å². The number of Topliss-reactive ketones (excluding diaryl/α,β-unsaturated/α-hetero) is 1. The Morgan fingerprint density at radius 3 is 2.92 bits per heavy atom. The van der Waals surface area contributed by atoms with E-state index in [1.807, 2.05) is 6.92 Å². The Kier molecular flexibility index (Phi) is 2.65. The van der Waals surface area contributed by atoms with Crippen molar-refractivity contribution in [3.8, 4) is 0 Å². The highest BCUT2D eigenvalue weighted by Gasteiger charge is 2.42. The van der Waals surface area contributed by atoms with E-state index in [1.165, 1.54) is 6.42 Å². The average Bonchev–Trinajstić information content (AvgIpc) is 2.73. The third kappa shape index (κ3) is 1.77. The zero-order chi connectivity index (χ0) is 9.31. The van der Waals surface area contributed by atoms with Gasteiger partial charge in [-0.15, -0.1) is 0 Å². The summed E-state index contributed by atoms with van der Waals surface area (Å²) in [5.41, 5.74) is -0.442. The molecule has 2 nitrogen and oxygen atoms in total. The fraction of sp³-hybridized carbons (Fsp3) is 0.900. The van der Waals surface area contributed by atoms with Crippen molar-refractivity contribution >= 4 is 17.5 Å². The van der Waals surface area contributed by atoms with Crippen LogP contribution in [0.1, 0.15) is 32.6 Å². The highest BCUT2D eigenvalue weighted by Crippen LogP contribution is 2.35. The minimum Gasteiger partial charge on any atom is -0.367 e. The summed E-state index contributed by atoms with van der Waals surface area (Å²) < 4.78 is 5.55. The molecular weight excluding hydrogens is 184 g/mol. The number of ketones is 1. The number of hydrogen-bond acceptors (Lipinski definition) is 3. The molecule has 2 aliphatic heterocycles. The molecule has 0 spiro atoms. The first-order valence-corrected chi connectivity index (χ1v) is 6.07. The zero-order valence-corrected chi connectivity index (χ0v) is 8.86. The Hall–Kier alpha value is -0.0200. The summed E-state index contributed by atoms with van der Waals surface area (Å²) in [6.45, 7) is 2.72. The van der Waals surface area contributed by atoms with Gasteiger partial charge in [0.25, 0.3) is 0 Å². The second kappa shape index (κ2) is 3.62. The number of ether oxygens (including phenoxy) is 1. The maximum absolute atomic E-state index is 12.0. The summed E-state index contributed by atoms with van der Waals surface area (Å²) in [5.74, 6) is 1.49. The van der Waals surface area contributed by atoms with Crippen LogP contribution < -0.4 is 0 Å². The Morgan fingerprint density at radius 1 is 1.54 bits per heavy atom. The molecule has 2 atom stereocenters. The van der Waals surface area contributed by atoms with Crippen LogP contribution in [0.15, 0.2) is 0 Å². The van der Waals surface area contributed by atoms with Gasteiger partial charge in [0.2, 0.25) is 0 Å². The highest BCUT2D eigenvalue weighted by molar-refractivity contribution is 8.00. The molecular formula is C10H16O2S. The quantitative estimate of drug-likeness (QED) is 0.682. The van der Waals surface area contributed by atoms with Gasteiger partial charge in [0.05, 0.1) is 5.25 Å². The topological polar surface area (TPSA) is 26.3 Å². The van der Waals surface area contributed by atoms with Crippen molar-refractivity contribution in [3.05, 3.63) is 0 Å². The van der Waals surface area contributed by atoms with Crippen LogP contribution in [0.2, 0.25) is 0 Å². The van der Waals surface area contributed by atoms with Crippen LogP contribution in [-0.2, 0) is 9.53 Å². The maximum atomic E-state index is 12.0. The smallest absolute Gasteiger partial charge is 0.177 e. The van der Waals surface area contributed by atoms with Crippen LogP contribution in [0.5, 0.6) is 0 Å². The molecule has 2 fully saturated rings. The lowest BCUT2D eigenvalue weighted by atomic mass is 9.93. The number of carbonyl (C=O) groups excluding carboxylic acids is 1. The van der Waals surface area contributed by atoms with Gasteiger partial charge in [0.1, 0.15) is 5.60 Å². The van der Waals surface area contributed by atoms with E-state index in [-0.39, 0.29) is 5.25 Å². The van der Waals surface area contributed by atoms with Crippen LogP contribution in [0.25, 0.3) is 0 Å². The van der Waals surface area contributed by atoms with Crippen LogP contribution in [-0.4, -0.2) is 29.0 Å². The molecule has 0 aromatic carbocycles. The third-order valence-electron chi connectivity index (χ3n) is 2.96. The average molecular weight is 200 g/mol. The fourth-order valence-corrected chi connectivity index (χ4v) is 3.45. The molecule has 0 aromatic rings. The molecule has 0 bridgehead atoms. The van der Waals surface area contributed by atoms with Crippen molar-refractivity contribution in [3.63, 3.8) is 0 Å². The standard InChI is InChI=1S/C10H16O2S/c1-10(5-3-6-12-10)9(11)8-4-2-7-13-8/h8H,2-7H2,1H3. The molecule has 0 N–H and O–H groups in total. The number of rotatable bonds is 2. The fourth-order valence-electron chi connectivity index (χ4n) is 2.10. The monoisotopic (exact) mass is 200 g/mol. The van der Waals surface area contributed by atoms with Gasteiger partial charge in [0, 0.05) is 6.61 Å². The van der Waals surface area contributed by atoms with Crippen molar-refractivity contribution in [2.24, 2.45) is 0 Å². The molecule has 3 heteroatoms. The van der Waals surface area contributed by atoms with Crippen molar-refractivity contribution in [1.29, 1.82) is 0 Å². The second-order valence-corrected chi connectivity index (χ2v) is 5.36. The van der Waals surface area contributed by atoms with Gasteiger partial charge in [-0.05, 0) is 38.4 Å². The molecule has 0 saturated carbocycles. The lowest BCUT2D eigenvalue weighted by molar-refractivity contribution is -0.136. The summed E-state index contributed by atoms with van der Waals surface area (Å²) in [4.78, 5) is 12.0. The molecule has 13 heavy (non-hydrogen) atoms. The van der Waals surface area contributed by atoms with E-state index in [0.29, 0.717) is 5.78 Å². The van der Waals surface area contributed by atoms with E-state index in [1.54, 1.807) is 11.8 Å². The SMILES string of the molecule is CC1(C(=O)C2CCCS2)CCCO1. The Labute approximate surface area is 83.4 Å². The van der Waals surface area contributed by atoms with Crippen molar-refractivity contribution in [2.75, 3.05) is 12.4 Å². The lowest BCUT2D eigenvalue weighted by Crippen LogP contribution is -2.39. The predicted octanol–water partition coefficient (Wildman–Crippen LogP) is 2.02. The minimum atomic E-state index is -0.442. The molecule has 2 saturated heterocycles. The summed E-state index contributed by atoms with van der Waals surface area (Å²) in [6, 6.07) is 0. The van der Waals surface area contributed by atoms with Gasteiger partial charge in [-0.2, -0.15) is 11.8 Å². The Morgan fingerprint density at radius 2 is 2.38 bits per heavy atom. The second-order valence-electron chi connectivity index (χ2n) is 4.05. The molecule has 2 rings (SSSR count). The first-order chi connectivity index (χ1) is 6.22. The molecule has 0 radical (unpaired) electrons. The van der Waals surface area contributed by atoms with E-state index in [2.05, 4.69) is 0 Å². The van der Waals surface area contributed by atoms with E-state index >= 15 is 0 Å². The van der Waals surface area contributed by atoms with E-state index in [9.17, 15) is 4.79 Å². The largest absolute Gasteiger partial charge is 0.367 e. The van der Waals surface area contributed by atoms with Gasteiger partial charge in [0.15, 0.2) is 5.78 Å². The molecule has 2 heterocycles. The van der Waals surface area contributed by atoms with Gasteiger partial charge < -0.3 is 4.74 Å². The molecule has 0 amide bonds. The van der Waals surface area contributed by atoms with Crippen LogP contribution in [0.4, 0.5) is 0 Å². The molecule has 2 aliphatic rings. The maximum Gasteiger partial charge on any atom is 0.177 e. The first kappa shape index (κ1) is 9.53. The highest BCUT2D eigenvalue weighted by atomic mass is 32.2.